The first-order chi connectivity index (χ1) is 13.4. The second-order valence-electron chi connectivity index (χ2n) is 7.52. The van der Waals surface area contributed by atoms with Gasteiger partial charge in [-0.15, -0.1) is 0 Å². The molecule has 1 aromatic carbocycles. The summed E-state index contributed by atoms with van der Waals surface area (Å²) in [6.07, 6.45) is 2.20. The lowest BCUT2D eigenvalue weighted by Crippen LogP contribution is -2.45. The molecule has 1 N–H and O–H groups in total. The summed E-state index contributed by atoms with van der Waals surface area (Å²) in [7, 11) is 0. The van der Waals surface area contributed by atoms with Crippen molar-refractivity contribution in [2.24, 2.45) is 0 Å². The summed E-state index contributed by atoms with van der Waals surface area (Å²) >= 11 is 0. The van der Waals surface area contributed by atoms with E-state index in [-0.39, 0.29) is 24.7 Å². The van der Waals surface area contributed by atoms with Crippen LogP contribution in [0.4, 0.5) is 5.82 Å². The average molecular weight is 383 g/mol. The predicted octanol–water partition coefficient (Wildman–Crippen LogP) is 3.01. The molecule has 0 bridgehead atoms. The minimum Gasteiger partial charge on any atom is -0.484 e. The number of nitrogens with one attached hydrogen (secondary N) is 1. The van der Waals surface area contributed by atoms with Crippen molar-refractivity contribution in [2.75, 3.05) is 24.6 Å². The van der Waals surface area contributed by atoms with Gasteiger partial charge in [-0.25, -0.2) is 4.98 Å². The zero-order valence-electron chi connectivity index (χ0n) is 17.1. The third-order valence-corrected chi connectivity index (χ3v) is 4.73. The lowest BCUT2D eigenvalue weighted by atomic mass is 10.1. The molecule has 28 heavy (non-hydrogen) atoms. The largest absolute Gasteiger partial charge is 0.484 e. The second-order valence-corrected chi connectivity index (χ2v) is 7.52. The van der Waals surface area contributed by atoms with E-state index >= 15 is 0 Å². The number of nitrogens with zero attached hydrogens (tertiary/aromatic N) is 2. The highest BCUT2D eigenvalue weighted by Crippen LogP contribution is 2.19. The van der Waals surface area contributed by atoms with Crippen LogP contribution in [0.1, 0.15) is 30.5 Å². The molecule has 2 unspecified atom stereocenters. The minimum absolute atomic E-state index is 0.00102. The van der Waals surface area contributed by atoms with E-state index in [1.807, 2.05) is 50.4 Å². The number of benzene rings is 1. The molecule has 0 spiro atoms. The molecule has 1 aromatic heterocycles. The summed E-state index contributed by atoms with van der Waals surface area (Å²) in [5, 5.41) is 2.88. The van der Waals surface area contributed by atoms with Crippen molar-refractivity contribution < 1.29 is 14.3 Å². The number of carbonyl (C=O) groups excluding carboxylic acids is 1. The molecule has 2 atom stereocenters. The number of amides is 1. The quantitative estimate of drug-likeness (QED) is 0.831. The second kappa shape index (κ2) is 9.06. The van der Waals surface area contributed by atoms with Gasteiger partial charge in [0.15, 0.2) is 6.61 Å². The molecule has 2 aromatic rings. The predicted molar refractivity (Wildman–Crippen MR) is 110 cm³/mol. The molecular weight excluding hydrogens is 354 g/mol. The third kappa shape index (κ3) is 5.45. The molecular formula is C22H29N3O3. The maximum Gasteiger partial charge on any atom is 0.258 e. The number of carbonyl (C=O) groups is 1. The zero-order valence-corrected chi connectivity index (χ0v) is 17.1. The normalized spacial score (nSPS) is 19.4. The number of aryl methyl sites for hydroxylation is 2. The monoisotopic (exact) mass is 383 g/mol. The van der Waals surface area contributed by atoms with Gasteiger partial charge in [-0.2, -0.15) is 0 Å². The third-order valence-electron chi connectivity index (χ3n) is 4.73. The van der Waals surface area contributed by atoms with E-state index in [1.54, 1.807) is 0 Å². The standard InChI is InChI=1S/C22H29N3O3/c1-15-5-7-20(16(2)9-15)27-14-22(26)24-11-19-6-8-21(23-10-19)25-12-17(3)28-18(4)13-25/h5-10,17-18H,11-14H2,1-4H3,(H,24,26). The van der Waals surface area contributed by atoms with Crippen LogP contribution in [0.15, 0.2) is 36.5 Å². The number of aromatic nitrogens is 1. The summed E-state index contributed by atoms with van der Waals surface area (Å²) in [5.74, 6) is 1.52. The van der Waals surface area contributed by atoms with Gasteiger partial charge >= 0.3 is 0 Å². The number of morpholine rings is 1. The summed E-state index contributed by atoms with van der Waals surface area (Å²) in [5.41, 5.74) is 3.16. The molecule has 3 rings (SSSR count). The van der Waals surface area contributed by atoms with Crippen LogP contribution in [-0.4, -0.2) is 42.8 Å². The van der Waals surface area contributed by atoms with Gasteiger partial charge in [0.1, 0.15) is 11.6 Å². The van der Waals surface area contributed by atoms with E-state index in [1.165, 1.54) is 5.56 Å². The molecule has 6 heteroatoms. The number of rotatable bonds is 6. The zero-order chi connectivity index (χ0) is 20.1. The van der Waals surface area contributed by atoms with Gasteiger partial charge in [-0.05, 0) is 51.0 Å². The Labute approximate surface area is 166 Å². The maximum absolute atomic E-state index is 12.1. The van der Waals surface area contributed by atoms with Gasteiger partial charge < -0.3 is 19.7 Å². The van der Waals surface area contributed by atoms with Gasteiger partial charge in [-0.3, -0.25) is 4.79 Å². The van der Waals surface area contributed by atoms with Crippen LogP contribution in [0.25, 0.3) is 0 Å². The molecule has 6 nitrogen and oxygen atoms in total. The Morgan fingerprint density at radius 2 is 1.96 bits per heavy atom. The summed E-state index contributed by atoms with van der Waals surface area (Å²) < 4.78 is 11.4. The first-order valence-electron chi connectivity index (χ1n) is 9.73. The van der Waals surface area contributed by atoms with Crippen molar-refractivity contribution in [3.8, 4) is 5.75 Å². The summed E-state index contributed by atoms with van der Waals surface area (Å²) in [6.45, 7) is 10.3. The van der Waals surface area contributed by atoms with Gasteiger partial charge in [-0.1, -0.05) is 23.8 Å². The Bertz CT molecular complexity index is 797. The Balaban J connectivity index is 1.47. The fourth-order valence-electron chi connectivity index (χ4n) is 3.43. The fourth-order valence-corrected chi connectivity index (χ4v) is 3.43. The van der Waals surface area contributed by atoms with Crippen LogP contribution in [0.3, 0.4) is 0 Å². The number of hydrogen-bond acceptors (Lipinski definition) is 5. The van der Waals surface area contributed by atoms with Crippen molar-refractivity contribution in [3.05, 3.63) is 53.2 Å². The van der Waals surface area contributed by atoms with Gasteiger partial charge in [0, 0.05) is 25.8 Å². The fraction of sp³-hybridized carbons (Fsp3) is 0.455. The van der Waals surface area contributed by atoms with E-state index < -0.39 is 0 Å². The van der Waals surface area contributed by atoms with Crippen LogP contribution in [0, 0.1) is 13.8 Å². The van der Waals surface area contributed by atoms with Crippen molar-refractivity contribution in [1.82, 2.24) is 10.3 Å². The number of ether oxygens (including phenoxy) is 2. The Morgan fingerprint density at radius 3 is 2.61 bits per heavy atom. The topological polar surface area (TPSA) is 63.7 Å². The Hall–Kier alpha value is -2.60. The first kappa shape index (κ1) is 20.1. The highest BCUT2D eigenvalue weighted by molar-refractivity contribution is 5.77. The molecule has 0 saturated carbocycles. The lowest BCUT2D eigenvalue weighted by molar-refractivity contribution is -0.123. The van der Waals surface area contributed by atoms with E-state index in [0.29, 0.717) is 6.54 Å². The first-order valence-corrected chi connectivity index (χ1v) is 9.73. The molecule has 1 saturated heterocycles. The number of pyridine rings is 1. The summed E-state index contributed by atoms with van der Waals surface area (Å²) in [4.78, 5) is 18.9. The van der Waals surface area contributed by atoms with Crippen molar-refractivity contribution >= 4 is 11.7 Å². The summed E-state index contributed by atoms with van der Waals surface area (Å²) in [6, 6.07) is 9.91. The van der Waals surface area contributed by atoms with Gasteiger partial charge in [0.2, 0.25) is 0 Å². The number of anilines is 1. The smallest absolute Gasteiger partial charge is 0.258 e. The average Bonchev–Trinajstić information content (AvgIpc) is 2.65. The highest BCUT2D eigenvalue weighted by Gasteiger charge is 2.22. The van der Waals surface area contributed by atoms with E-state index in [4.69, 9.17) is 9.47 Å². The Morgan fingerprint density at radius 1 is 1.21 bits per heavy atom. The SMILES string of the molecule is Cc1ccc(OCC(=O)NCc2ccc(N3CC(C)OC(C)C3)nc2)c(C)c1. The highest BCUT2D eigenvalue weighted by atomic mass is 16.5. The molecule has 1 aliphatic rings. The van der Waals surface area contributed by atoms with Gasteiger partial charge in [0.25, 0.3) is 5.91 Å². The Kier molecular flexibility index (Phi) is 6.52. The van der Waals surface area contributed by atoms with Crippen LogP contribution >= 0.6 is 0 Å². The van der Waals surface area contributed by atoms with Gasteiger partial charge in [0.05, 0.1) is 12.2 Å². The molecule has 2 heterocycles. The van der Waals surface area contributed by atoms with Crippen molar-refractivity contribution in [2.45, 2.75) is 46.4 Å². The van der Waals surface area contributed by atoms with Crippen LogP contribution < -0.4 is 15.0 Å². The number of hydrogen-bond donors (Lipinski definition) is 1. The molecule has 1 amide bonds. The molecule has 150 valence electrons. The van der Waals surface area contributed by atoms with Crippen LogP contribution in [0.5, 0.6) is 5.75 Å². The molecule has 0 aliphatic carbocycles. The van der Waals surface area contributed by atoms with E-state index in [2.05, 4.69) is 29.0 Å². The molecule has 1 aliphatic heterocycles. The molecule has 1 fully saturated rings. The maximum atomic E-state index is 12.1. The van der Waals surface area contributed by atoms with E-state index in [9.17, 15) is 4.79 Å². The van der Waals surface area contributed by atoms with Crippen LogP contribution in [-0.2, 0) is 16.1 Å². The van der Waals surface area contributed by atoms with E-state index in [0.717, 1.165) is 35.8 Å². The van der Waals surface area contributed by atoms with Crippen LogP contribution in [0.2, 0.25) is 0 Å². The minimum atomic E-state index is -0.153. The molecule has 0 radical (unpaired) electrons. The van der Waals surface area contributed by atoms with Crippen molar-refractivity contribution in [1.29, 1.82) is 0 Å². The lowest BCUT2D eigenvalue weighted by Gasteiger charge is -2.36. The van der Waals surface area contributed by atoms with Crippen molar-refractivity contribution in [3.63, 3.8) is 0 Å².